The van der Waals surface area contributed by atoms with Crippen LogP contribution in [0.4, 0.5) is 5.69 Å². The second-order valence-electron chi connectivity index (χ2n) is 8.36. The van der Waals surface area contributed by atoms with E-state index in [9.17, 15) is 9.90 Å². The first kappa shape index (κ1) is 20.5. The predicted molar refractivity (Wildman–Crippen MR) is 129 cm³/mol. The van der Waals surface area contributed by atoms with E-state index in [0.29, 0.717) is 12.3 Å². The molecule has 0 unspecified atom stereocenters. The molecule has 164 valence electrons. The molecule has 1 aromatic heterocycles. The lowest BCUT2D eigenvalue weighted by Crippen LogP contribution is -2.49. The van der Waals surface area contributed by atoms with Crippen molar-refractivity contribution in [3.8, 4) is 5.75 Å². The molecule has 1 atom stereocenters. The predicted octanol–water partition coefficient (Wildman–Crippen LogP) is 3.24. The van der Waals surface area contributed by atoms with Gasteiger partial charge >= 0.3 is 0 Å². The molecule has 0 radical (unpaired) electrons. The van der Waals surface area contributed by atoms with Gasteiger partial charge in [0.2, 0.25) is 5.56 Å². The maximum absolute atomic E-state index is 11.4. The van der Waals surface area contributed by atoms with Gasteiger partial charge in [-0.2, -0.15) is 0 Å². The summed E-state index contributed by atoms with van der Waals surface area (Å²) in [7, 11) is 0. The minimum absolute atomic E-state index is 0.123. The van der Waals surface area contributed by atoms with Crippen LogP contribution in [0.5, 0.6) is 5.75 Å². The number of anilines is 1. The molecule has 0 spiro atoms. The number of aliphatic hydroxyl groups excluding tert-OH is 1. The first-order valence-corrected chi connectivity index (χ1v) is 11.0. The SMILES string of the molecule is O=c1ccc2cc(OC[C@@H](O)CN3CCN(c4ccc5ccccc5c4)CC3)ccc2[nH]1. The highest BCUT2D eigenvalue weighted by Gasteiger charge is 2.20. The maximum atomic E-state index is 11.4. The smallest absolute Gasteiger partial charge is 0.248 e. The van der Waals surface area contributed by atoms with Crippen molar-refractivity contribution >= 4 is 27.4 Å². The highest BCUT2D eigenvalue weighted by molar-refractivity contribution is 5.85. The Kier molecular flexibility index (Phi) is 5.79. The summed E-state index contributed by atoms with van der Waals surface area (Å²) >= 11 is 0. The van der Waals surface area contributed by atoms with Gasteiger partial charge in [-0.1, -0.05) is 30.3 Å². The highest BCUT2D eigenvalue weighted by atomic mass is 16.5. The van der Waals surface area contributed by atoms with E-state index in [-0.39, 0.29) is 12.2 Å². The quantitative estimate of drug-likeness (QED) is 0.493. The number of aliphatic hydroxyl groups is 1. The fourth-order valence-electron chi connectivity index (χ4n) is 4.33. The third kappa shape index (κ3) is 4.61. The molecule has 6 heteroatoms. The Morgan fingerprint density at radius 3 is 2.50 bits per heavy atom. The number of hydrogen-bond acceptors (Lipinski definition) is 5. The molecule has 0 amide bonds. The zero-order valence-corrected chi connectivity index (χ0v) is 17.9. The standard InChI is InChI=1S/C26H27N3O3/c30-23(18-32-24-8-9-25-21(16-24)6-10-26(31)27-25)17-28-11-13-29(14-12-28)22-7-5-19-3-1-2-4-20(19)15-22/h1-10,15-16,23,30H,11-14,17-18H2,(H,27,31)/t23-/m0/s1. The number of nitrogens with one attached hydrogen (secondary N) is 1. The number of nitrogens with zero attached hydrogens (tertiary/aromatic N) is 2. The van der Waals surface area contributed by atoms with Crippen LogP contribution in [-0.2, 0) is 0 Å². The van der Waals surface area contributed by atoms with E-state index in [0.717, 1.165) is 37.1 Å². The van der Waals surface area contributed by atoms with Gasteiger partial charge in [-0.15, -0.1) is 0 Å². The van der Waals surface area contributed by atoms with E-state index in [1.807, 2.05) is 18.2 Å². The third-order valence-electron chi connectivity index (χ3n) is 6.08. The van der Waals surface area contributed by atoms with Crippen molar-refractivity contribution < 1.29 is 9.84 Å². The first-order valence-electron chi connectivity index (χ1n) is 11.0. The van der Waals surface area contributed by atoms with Crippen molar-refractivity contribution in [2.75, 3.05) is 44.2 Å². The van der Waals surface area contributed by atoms with Crippen molar-refractivity contribution in [1.82, 2.24) is 9.88 Å². The molecule has 1 fully saturated rings. The van der Waals surface area contributed by atoms with Crippen LogP contribution in [0.25, 0.3) is 21.7 Å². The molecule has 4 aromatic rings. The average Bonchev–Trinajstić information content (AvgIpc) is 2.83. The van der Waals surface area contributed by atoms with E-state index in [2.05, 4.69) is 57.2 Å². The van der Waals surface area contributed by atoms with E-state index < -0.39 is 6.10 Å². The van der Waals surface area contributed by atoms with Crippen molar-refractivity contribution in [3.05, 3.63) is 83.2 Å². The molecule has 2 heterocycles. The number of benzene rings is 3. The molecule has 0 saturated carbocycles. The fourth-order valence-corrected chi connectivity index (χ4v) is 4.33. The Morgan fingerprint density at radius 2 is 1.66 bits per heavy atom. The number of rotatable bonds is 6. The summed E-state index contributed by atoms with van der Waals surface area (Å²) in [6.45, 7) is 4.52. The van der Waals surface area contributed by atoms with Crippen molar-refractivity contribution in [2.45, 2.75) is 6.10 Å². The van der Waals surface area contributed by atoms with E-state index in [1.54, 1.807) is 6.07 Å². The van der Waals surface area contributed by atoms with Crippen LogP contribution in [0, 0.1) is 0 Å². The van der Waals surface area contributed by atoms with Crippen molar-refractivity contribution in [1.29, 1.82) is 0 Å². The minimum Gasteiger partial charge on any atom is -0.491 e. The summed E-state index contributed by atoms with van der Waals surface area (Å²) in [5.74, 6) is 0.685. The Morgan fingerprint density at radius 1 is 0.875 bits per heavy atom. The van der Waals surface area contributed by atoms with Gasteiger partial charge in [0.15, 0.2) is 0 Å². The lowest BCUT2D eigenvalue weighted by molar-refractivity contribution is 0.0663. The monoisotopic (exact) mass is 429 g/mol. The Labute approximate surface area is 186 Å². The zero-order chi connectivity index (χ0) is 21.9. The largest absolute Gasteiger partial charge is 0.491 e. The van der Waals surface area contributed by atoms with Crippen LogP contribution in [-0.4, -0.2) is 60.4 Å². The molecule has 1 aliphatic rings. The highest BCUT2D eigenvalue weighted by Crippen LogP contribution is 2.23. The lowest BCUT2D eigenvalue weighted by atomic mass is 10.1. The summed E-state index contributed by atoms with van der Waals surface area (Å²) in [6, 6.07) is 23.8. The Balaban J connectivity index is 1.12. The minimum atomic E-state index is -0.562. The van der Waals surface area contributed by atoms with Gasteiger partial charge < -0.3 is 19.7 Å². The third-order valence-corrected chi connectivity index (χ3v) is 6.08. The molecule has 1 saturated heterocycles. The number of piperazine rings is 1. The van der Waals surface area contributed by atoms with Gasteiger partial charge in [-0.05, 0) is 47.2 Å². The van der Waals surface area contributed by atoms with Crippen LogP contribution in [0.15, 0.2) is 77.6 Å². The summed E-state index contributed by atoms with van der Waals surface area (Å²) in [5.41, 5.74) is 1.90. The number of ether oxygens (including phenoxy) is 1. The molecule has 32 heavy (non-hydrogen) atoms. The number of hydrogen-bond donors (Lipinski definition) is 2. The number of pyridine rings is 1. The fraction of sp³-hybridized carbons (Fsp3) is 0.269. The zero-order valence-electron chi connectivity index (χ0n) is 17.9. The van der Waals surface area contributed by atoms with E-state index in [1.165, 1.54) is 22.5 Å². The number of aromatic nitrogens is 1. The molecule has 1 aliphatic heterocycles. The second-order valence-corrected chi connectivity index (χ2v) is 8.36. The van der Waals surface area contributed by atoms with Crippen molar-refractivity contribution in [2.24, 2.45) is 0 Å². The molecule has 0 bridgehead atoms. The van der Waals surface area contributed by atoms with Gasteiger partial charge in [0.1, 0.15) is 18.5 Å². The van der Waals surface area contributed by atoms with Gasteiger partial charge in [0, 0.05) is 55.4 Å². The number of H-pyrrole nitrogens is 1. The molecule has 3 aromatic carbocycles. The number of fused-ring (bicyclic) bond motifs is 2. The van der Waals surface area contributed by atoms with E-state index in [4.69, 9.17) is 4.74 Å². The Hall–Kier alpha value is -3.35. The maximum Gasteiger partial charge on any atom is 0.248 e. The average molecular weight is 430 g/mol. The molecule has 6 nitrogen and oxygen atoms in total. The van der Waals surface area contributed by atoms with Crippen LogP contribution in [0.2, 0.25) is 0 Å². The first-order chi connectivity index (χ1) is 15.6. The number of β-amino-alcohol motifs (C(OH)–C–C–N with tert-alkyl or cyclic N) is 1. The Bertz CT molecular complexity index is 1280. The molecule has 0 aliphatic carbocycles. The van der Waals surface area contributed by atoms with Crippen LogP contribution in [0.3, 0.4) is 0 Å². The van der Waals surface area contributed by atoms with Crippen LogP contribution < -0.4 is 15.2 Å². The summed E-state index contributed by atoms with van der Waals surface area (Å²) < 4.78 is 5.80. The summed E-state index contributed by atoms with van der Waals surface area (Å²) in [5, 5.41) is 13.9. The van der Waals surface area contributed by atoms with Crippen LogP contribution >= 0.6 is 0 Å². The second kappa shape index (κ2) is 9.02. The van der Waals surface area contributed by atoms with E-state index >= 15 is 0 Å². The van der Waals surface area contributed by atoms with Gasteiger partial charge in [0.25, 0.3) is 0 Å². The lowest BCUT2D eigenvalue weighted by Gasteiger charge is -2.37. The summed E-state index contributed by atoms with van der Waals surface area (Å²) in [4.78, 5) is 18.9. The van der Waals surface area contributed by atoms with Gasteiger partial charge in [-0.25, -0.2) is 0 Å². The van der Waals surface area contributed by atoms with Gasteiger partial charge in [-0.3, -0.25) is 9.69 Å². The van der Waals surface area contributed by atoms with Gasteiger partial charge in [0.05, 0.1) is 0 Å². The topological polar surface area (TPSA) is 68.8 Å². The normalized spacial score (nSPS) is 15.8. The summed E-state index contributed by atoms with van der Waals surface area (Å²) in [6.07, 6.45) is -0.562. The molecule has 5 rings (SSSR count). The molecule has 2 N–H and O–H groups in total. The van der Waals surface area contributed by atoms with Crippen molar-refractivity contribution in [3.63, 3.8) is 0 Å². The molecular weight excluding hydrogens is 402 g/mol. The molecular formula is C26H27N3O3. The van der Waals surface area contributed by atoms with Crippen LogP contribution in [0.1, 0.15) is 0 Å². The number of aromatic amines is 1.